The number of hydrogen-bond donors (Lipinski definition) is 1. The average molecular weight is 282 g/mol. The molecule has 1 atom stereocenters. The van der Waals surface area contributed by atoms with E-state index in [0.717, 1.165) is 0 Å². The zero-order chi connectivity index (χ0) is 14.0. The Morgan fingerprint density at radius 1 is 1.37 bits per heavy atom. The number of nitrogens with zero attached hydrogens (tertiary/aromatic N) is 2. The van der Waals surface area contributed by atoms with Gasteiger partial charge in [0.25, 0.3) is 11.6 Å². The van der Waals surface area contributed by atoms with Gasteiger partial charge in [-0.15, -0.1) is 11.8 Å². The molecule has 0 bridgehead atoms. The summed E-state index contributed by atoms with van der Waals surface area (Å²) >= 11 is 1.19. The second kappa shape index (κ2) is 5.27. The molecule has 1 fully saturated rings. The summed E-state index contributed by atoms with van der Waals surface area (Å²) in [5.74, 6) is -0.916. The first kappa shape index (κ1) is 13.3. The van der Waals surface area contributed by atoms with Crippen molar-refractivity contribution < 1.29 is 19.6 Å². The Morgan fingerprint density at radius 3 is 2.53 bits per heavy atom. The van der Waals surface area contributed by atoms with Crippen molar-refractivity contribution in [1.82, 2.24) is 4.90 Å². The summed E-state index contributed by atoms with van der Waals surface area (Å²) < 4.78 is 0. The molecule has 0 radical (unpaired) electrons. The van der Waals surface area contributed by atoms with E-state index in [0.29, 0.717) is 12.3 Å². The Balaban J connectivity index is 2.19. The molecular formula is C11H10N2O5S. The number of amides is 1. The molecule has 0 spiro atoms. The summed E-state index contributed by atoms with van der Waals surface area (Å²) in [5, 5.41) is 18.6. The second-order valence-electron chi connectivity index (χ2n) is 3.86. The number of benzene rings is 1. The van der Waals surface area contributed by atoms with Gasteiger partial charge in [0.1, 0.15) is 0 Å². The van der Waals surface area contributed by atoms with E-state index in [9.17, 15) is 19.7 Å². The number of carbonyl (C=O) groups is 2. The number of carboxylic acid groups (broad SMARTS) is 1. The quantitative estimate of drug-likeness (QED) is 0.660. The SMILES string of the molecule is O=C(O)[C@@H]1SCCN1C(=O)c1ccc([N+](=O)[O-])cc1. The van der Waals surface area contributed by atoms with Crippen LogP contribution in [0.3, 0.4) is 0 Å². The Hall–Kier alpha value is -2.09. The number of non-ortho nitro benzene ring substituents is 1. The van der Waals surface area contributed by atoms with Crippen molar-refractivity contribution in [3.05, 3.63) is 39.9 Å². The molecule has 1 aliphatic rings. The number of nitro groups is 1. The molecule has 0 aliphatic carbocycles. The Kier molecular flexibility index (Phi) is 3.70. The van der Waals surface area contributed by atoms with Crippen LogP contribution in [0.2, 0.25) is 0 Å². The molecule has 2 rings (SSSR count). The third-order valence-corrected chi connectivity index (χ3v) is 3.88. The van der Waals surface area contributed by atoms with Gasteiger partial charge in [0.2, 0.25) is 0 Å². The monoisotopic (exact) mass is 282 g/mol. The van der Waals surface area contributed by atoms with E-state index < -0.39 is 22.2 Å². The third kappa shape index (κ3) is 2.68. The molecule has 100 valence electrons. The first-order chi connectivity index (χ1) is 9.00. The molecular weight excluding hydrogens is 272 g/mol. The highest BCUT2D eigenvalue weighted by Gasteiger charge is 2.35. The lowest BCUT2D eigenvalue weighted by Crippen LogP contribution is -2.39. The maximum absolute atomic E-state index is 12.1. The average Bonchev–Trinajstić information content (AvgIpc) is 2.87. The third-order valence-electron chi connectivity index (χ3n) is 2.69. The van der Waals surface area contributed by atoms with Crippen LogP contribution in [0.4, 0.5) is 5.69 Å². The highest BCUT2D eigenvalue weighted by Crippen LogP contribution is 2.26. The van der Waals surface area contributed by atoms with Crippen molar-refractivity contribution >= 4 is 29.3 Å². The maximum Gasteiger partial charge on any atom is 0.337 e. The summed E-state index contributed by atoms with van der Waals surface area (Å²) in [7, 11) is 0. The van der Waals surface area contributed by atoms with Crippen molar-refractivity contribution in [1.29, 1.82) is 0 Å². The molecule has 8 heteroatoms. The standard InChI is InChI=1S/C11H10N2O5S/c14-9(12-5-6-19-10(12)11(15)16)7-1-3-8(4-2-7)13(17)18/h1-4,10H,5-6H2,(H,15,16)/t10-/m0/s1. The molecule has 1 aromatic carbocycles. The lowest BCUT2D eigenvalue weighted by Gasteiger charge is -2.20. The lowest BCUT2D eigenvalue weighted by molar-refractivity contribution is -0.384. The lowest BCUT2D eigenvalue weighted by atomic mass is 10.2. The number of aliphatic carboxylic acids is 1. The molecule has 0 saturated carbocycles. The largest absolute Gasteiger partial charge is 0.479 e. The van der Waals surface area contributed by atoms with Crippen molar-refractivity contribution in [3.63, 3.8) is 0 Å². The van der Waals surface area contributed by atoms with E-state index in [4.69, 9.17) is 5.11 Å². The van der Waals surface area contributed by atoms with E-state index >= 15 is 0 Å². The van der Waals surface area contributed by atoms with Crippen LogP contribution in [-0.4, -0.2) is 44.5 Å². The summed E-state index contributed by atoms with van der Waals surface area (Å²) in [6, 6.07) is 5.13. The van der Waals surface area contributed by atoms with Gasteiger partial charge in [-0.3, -0.25) is 14.9 Å². The molecule has 7 nitrogen and oxygen atoms in total. The molecule has 1 aromatic rings. The predicted molar refractivity (Wildman–Crippen MR) is 68.0 cm³/mol. The molecule has 1 heterocycles. The fraction of sp³-hybridized carbons (Fsp3) is 0.273. The van der Waals surface area contributed by atoms with E-state index in [1.54, 1.807) is 0 Å². The smallest absolute Gasteiger partial charge is 0.337 e. The number of nitro benzene ring substituents is 1. The van der Waals surface area contributed by atoms with Crippen LogP contribution in [0.25, 0.3) is 0 Å². The van der Waals surface area contributed by atoms with Crippen molar-refractivity contribution in [2.75, 3.05) is 12.3 Å². The molecule has 1 amide bonds. The van der Waals surface area contributed by atoms with Gasteiger partial charge in [0.15, 0.2) is 5.37 Å². The Morgan fingerprint density at radius 2 is 2.00 bits per heavy atom. The summed E-state index contributed by atoms with van der Waals surface area (Å²) in [6.07, 6.45) is 0. The van der Waals surface area contributed by atoms with Gasteiger partial charge < -0.3 is 10.0 Å². The molecule has 0 aromatic heterocycles. The fourth-order valence-corrected chi connectivity index (χ4v) is 2.82. The van der Waals surface area contributed by atoms with Crippen molar-refractivity contribution in [2.45, 2.75) is 5.37 Å². The van der Waals surface area contributed by atoms with Gasteiger partial charge in [0, 0.05) is 30.0 Å². The Labute approximate surface area is 112 Å². The number of hydrogen-bond acceptors (Lipinski definition) is 5. The van der Waals surface area contributed by atoms with Gasteiger partial charge in [-0.2, -0.15) is 0 Å². The van der Waals surface area contributed by atoms with Crippen LogP contribution in [0.1, 0.15) is 10.4 Å². The molecule has 1 N–H and O–H groups in total. The maximum atomic E-state index is 12.1. The van der Waals surface area contributed by atoms with E-state index in [1.807, 2.05) is 0 Å². The highest BCUT2D eigenvalue weighted by molar-refractivity contribution is 8.00. The normalized spacial score (nSPS) is 18.3. The van der Waals surface area contributed by atoms with Gasteiger partial charge in [-0.25, -0.2) is 4.79 Å². The summed E-state index contributed by atoms with van der Waals surface area (Å²) in [4.78, 5) is 34.3. The van der Waals surface area contributed by atoms with Crippen LogP contribution >= 0.6 is 11.8 Å². The van der Waals surface area contributed by atoms with Crippen molar-refractivity contribution in [3.8, 4) is 0 Å². The van der Waals surface area contributed by atoms with Crippen molar-refractivity contribution in [2.24, 2.45) is 0 Å². The molecule has 0 unspecified atom stereocenters. The second-order valence-corrected chi connectivity index (χ2v) is 5.05. The summed E-state index contributed by atoms with van der Waals surface area (Å²) in [6.45, 7) is 0.359. The minimum absolute atomic E-state index is 0.109. The highest BCUT2D eigenvalue weighted by atomic mass is 32.2. The van der Waals surface area contributed by atoms with Crippen LogP contribution in [0.15, 0.2) is 24.3 Å². The number of rotatable bonds is 3. The molecule has 1 aliphatic heterocycles. The number of carboxylic acids is 1. The van der Waals surface area contributed by atoms with Gasteiger partial charge >= 0.3 is 5.97 Å². The topological polar surface area (TPSA) is 101 Å². The van der Waals surface area contributed by atoms with E-state index in [-0.39, 0.29) is 11.3 Å². The van der Waals surface area contributed by atoms with E-state index in [1.165, 1.54) is 40.9 Å². The van der Waals surface area contributed by atoms with Gasteiger partial charge in [-0.1, -0.05) is 0 Å². The summed E-state index contributed by atoms with van der Waals surface area (Å²) in [5.41, 5.74) is 0.140. The predicted octanol–water partition coefficient (Wildman–Crippen LogP) is 1.19. The van der Waals surface area contributed by atoms with Crippen LogP contribution in [0.5, 0.6) is 0 Å². The van der Waals surface area contributed by atoms with Crippen LogP contribution in [-0.2, 0) is 4.79 Å². The minimum Gasteiger partial charge on any atom is -0.479 e. The Bertz CT molecular complexity index is 530. The first-order valence-corrected chi connectivity index (χ1v) is 6.45. The van der Waals surface area contributed by atoms with E-state index in [2.05, 4.69) is 0 Å². The number of thioether (sulfide) groups is 1. The zero-order valence-electron chi connectivity index (χ0n) is 9.68. The van der Waals surface area contributed by atoms with Gasteiger partial charge in [0.05, 0.1) is 4.92 Å². The fourth-order valence-electron chi connectivity index (χ4n) is 1.77. The van der Waals surface area contributed by atoms with Crippen LogP contribution < -0.4 is 0 Å². The van der Waals surface area contributed by atoms with Gasteiger partial charge in [-0.05, 0) is 12.1 Å². The van der Waals surface area contributed by atoms with Crippen LogP contribution in [0, 0.1) is 10.1 Å². The first-order valence-electron chi connectivity index (χ1n) is 5.40. The zero-order valence-corrected chi connectivity index (χ0v) is 10.5. The number of carbonyl (C=O) groups excluding carboxylic acids is 1. The molecule has 1 saturated heterocycles. The minimum atomic E-state index is -1.06. The molecule has 19 heavy (non-hydrogen) atoms.